The van der Waals surface area contributed by atoms with Crippen LogP contribution in [0, 0.1) is 0 Å². The Hall–Kier alpha value is -1.24. The average molecular weight is 423 g/mol. The zero-order valence-corrected chi connectivity index (χ0v) is 15.3. The standard InChI is InChI=1S/C15H14BrCl2NO4/c1-15(9-5-4-8(17)7-10(9)18)13(22)12(21)14(23-15)19-11(20)3-2-6-16/h4-5,7,21H,2-3,6H2,1H3,(H,19,20). The first-order valence-corrected chi connectivity index (χ1v) is 8.65. The Bertz CT molecular complexity index is 692. The highest BCUT2D eigenvalue weighted by Crippen LogP contribution is 2.40. The summed E-state index contributed by atoms with van der Waals surface area (Å²) in [6.45, 7) is 1.47. The smallest absolute Gasteiger partial charge is 0.250 e. The van der Waals surface area contributed by atoms with Crippen molar-refractivity contribution in [3.63, 3.8) is 0 Å². The van der Waals surface area contributed by atoms with Gasteiger partial charge in [0.15, 0.2) is 0 Å². The van der Waals surface area contributed by atoms with E-state index in [2.05, 4.69) is 21.2 Å². The second-order valence-corrected chi connectivity index (χ2v) is 6.74. The summed E-state index contributed by atoms with van der Waals surface area (Å²) in [6.07, 6.45) is 0.853. The van der Waals surface area contributed by atoms with E-state index >= 15 is 0 Å². The summed E-state index contributed by atoms with van der Waals surface area (Å²) < 4.78 is 5.54. The van der Waals surface area contributed by atoms with Gasteiger partial charge < -0.3 is 9.84 Å². The van der Waals surface area contributed by atoms with Crippen molar-refractivity contribution in [2.75, 3.05) is 5.33 Å². The molecule has 1 aliphatic rings. The fourth-order valence-corrected chi connectivity index (χ4v) is 3.05. The predicted molar refractivity (Wildman–Crippen MR) is 90.7 cm³/mol. The summed E-state index contributed by atoms with van der Waals surface area (Å²) in [5, 5.41) is 13.7. The van der Waals surface area contributed by atoms with Crippen LogP contribution >= 0.6 is 39.1 Å². The summed E-state index contributed by atoms with van der Waals surface area (Å²) in [7, 11) is 0. The number of ketones is 1. The zero-order valence-electron chi connectivity index (χ0n) is 12.2. The molecule has 1 aromatic rings. The van der Waals surface area contributed by atoms with Crippen LogP contribution in [0.5, 0.6) is 0 Å². The van der Waals surface area contributed by atoms with Crippen LogP contribution in [0.3, 0.4) is 0 Å². The number of aliphatic hydroxyl groups is 1. The van der Waals surface area contributed by atoms with Gasteiger partial charge in [0, 0.05) is 27.4 Å². The van der Waals surface area contributed by atoms with Gasteiger partial charge in [-0.25, -0.2) is 0 Å². The molecule has 0 saturated carbocycles. The molecular weight excluding hydrogens is 409 g/mol. The lowest BCUT2D eigenvalue weighted by Crippen LogP contribution is -2.32. The number of aliphatic hydroxyl groups excluding tert-OH is 1. The van der Waals surface area contributed by atoms with Gasteiger partial charge in [-0.15, -0.1) is 0 Å². The summed E-state index contributed by atoms with van der Waals surface area (Å²) in [5.74, 6) is -1.93. The minimum atomic E-state index is -1.52. The molecule has 1 amide bonds. The maximum Gasteiger partial charge on any atom is 0.250 e. The van der Waals surface area contributed by atoms with Crippen LogP contribution in [-0.4, -0.2) is 22.1 Å². The molecule has 0 spiro atoms. The van der Waals surface area contributed by atoms with Crippen LogP contribution in [0.4, 0.5) is 0 Å². The minimum absolute atomic E-state index is 0.230. The Morgan fingerprint density at radius 2 is 2.13 bits per heavy atom. The van der Waals surface area contributed by atoms with Crippen molar-refractivity contribution in [2.24, 2.45) is 0 Å². The maximum atomic E-state index is 12.4. The second-order valence-electron chi connectivity index (χ2n) is 5.11. The zero-order chi connectivity index (χ0) is 17.2. The van der Waals surface area contributed by atoms with Crippen LogP contribution in [0.25, 0.3) is 0 Å². The summed E-state index contributed by atoms with van der Waals surface area (Å²) in [4.78, 5) is 24.1. The fourth-order valence-electron chi connectivity index (χ4n) is 2.18. The molecule has 0 bridgehead atoms. The molecule has 5 nitrogen and oxygen atoms in total. The number of hydrogen-bond acceptors (Lipinski definition) is 4. The minimum Gasteiger partial charge on any atom is -0.501 e. The predicted octanol–water partition coefficient (Wildman–Crippen LogP) is 3.83. The van der Waals surface area contributed by atoms with Crippen LogP contribution in [-0.2, 0) is 19.9 Å². The molecule has 0 saturated heterocycles. The monoisotopic (exact) mass is 421 g/mol. The molecular formula is C15H14BrCl2NO4. The lowest BCUT2D eigenvalue weighted by Gasteiger charge is -2.24. The third-order valence-corrected chi connectivity index (χ3v) is 4.51. The molecule has 1 aliphatic heterocycles. The molecule has 1 unspecified atom stereocenters. The van der Waals surface area contributed by atoms with Crippen LogP contribution in [0.15, 0.2) is 29.8 Å². The van der Waals surface area contributed by atoms with Gasteiger partial charge in [0.1, 0.15) is 0 Å². The molecule has 23 heavy (non-hydrogen) atoms. The molecule has 1 aromatic carbocycles. The van der Waals surface area contributed by atoms with Gasteiger partial charge in [-0.3, -0.25) is 14.9 Å². The van der Waals surface area contributed by atoms with Gasteiger partial charge in [0.25, 0.3) is 5.78 Å². The first-order chi connectivity index (χ1) is 10.8. The number of nitrogens with one attached hydrogen (secondary N) is 1. The lowest BCUT2D eigenvalue weighted by molar-refractivity contribution is -0.133. The van der Waals surface area contributed by atoms with Crippen LogP contribution in [0.2, 0.25) is 10.0 Å². The van der Waals surface area contributed by atoms with E-state index in [9.17, 15) is 14.7 Å². The maximum absolute atomic E-state index is 12.4. The van der Waals surface area contributed by atoms with E-state index in [1.807, 2.05) is 0 Å². The van der Waals surface area contributed by atoms with Gasteiger partial charge in [-0.1, -0.05) is 45.2 Å². The number of hydrogen-bond donors (Lipinski definition) is 2. The fraction of sp³-hybridized carbons (Fsp3) is 0.333. The number of benzene rings is 1. The van der Waals surface area contributed by atoms with Crippen molar-refractivity contribution in [3.05, 3.63) is 45.5 Å². The second kappa shape index (κ2) is 7.11. The van der Waals surface area contributed by atoms with Crippen LogP contribution in [0.1, 0.15) is 25.3 Å². The van der Waals surface area contributed by atoms with E-state index in [-0.39, 0.29) is 23.2 Å². The Balaban J connectivity index is 2.25. The van der Waals surface area contributed by atoms with Crippen molar-refractivity contribution in [2.45, 2.75) is 25.4 Å². The molecule has 8 heteroatoms. The number of alkyl halides is 1. The van der Waals surface area contributed by atoms with E-state index in [0.717, 1.165) is 0 Å². The highest BCUT2D eigenvalue weighted by molar-refractivity contribution is 9.09. The van der Waals surface area contributed by atoms with Crippen molar-refractivity contribution in [1.29, 1.82) is 0 Å². The molecule has 124 valence electrons. The Morgan fingerprint density at radius 3 is 2.74 bits per heavy atom. The first-order valence-electron chi connectivity index (χ1n) is 6.78. The number of rotatable bonds is 5. The van der Waals surface area contributed by atoms with E-state index in [0.29, 0.717) is 22.3 Å². The number of carbonyl (C=O) groups is 2. The summed E-state index contributed by atoms with van der Waals surface area (Å²) in [6, 6.07) is 4.59. The number of halogens is 3. The molecule has 0 aliphatic carbocycles. The largest absolute Gasteiger partial charge is 0.501 e. The van der Waals surface area contributed by atoms with Crippen molar-refractivity contribution >= 4 is 50.8 Å². The third-order valence-electron chi connectivity index (χ3n) is 3.41. The quantitative estimate of drug-likeness (QED) is 0.707. The molecule has 2 rings (SSSR count). The van der Waals surface area contributed by atoms with Crippen molar-refractivity contribution < 1.29 is 19.4 Å². The molecule has 0 radical (unpaired) electrons. The van der Waals surface area contributed by atoms with Gasteiger partial charge >= 0.3 is 0 Å². The third kappa shape index (κ3) is 3.65. The Kier molecular flexibility index (Phi) is 5.60. The molecule has 0 aromatic heterocycles. The topological polar surface area (TPSA) is 75.6 Å². The van der Waals surface area contributed by atoms with E-state index in [4.69, 9.17) is 27.9 Å². The molecule has 0 fully saturated rings. The van der Waals surface area contributed by atoms with E-state index < -0.39 is 17.1 Å². The van der Waals surface area contributed by atoms with Gasteiger partial charge in [-0.05, 0) is 25.5 Å². The van der Waals surface area contributed by atoms with Gasteiger partial charge in [0.05, 0.1) is 0 Å². The molecule has 2 N–H and O–H groups in total. The summed E-state index contributed by atoms with van der Waals surface area (Å²) >= 11 is 15.2. The average Bonchev–Trinajstić information content (AvgIpc) is 2.70. The molecule has 1 atom stereocenters. The van der Waals surface area contributed by atoms with E-state index in [1.165, 1.54) is 13.0 Å². The number of ether oxygens (including phenoxy) is 1. The van der Waals surface area contributed by atoms with Crippen molar-refractivity contribution in [1.82, 2.24) is 5.32 Å². The summed E-state index contributed by atoms with van der Waals surface area (Å²) in [5.41, 5.74) is -1.17. The van der Waals surface area contributed by atoms with Crippen LogP contribution < -0.4 is 5.32 Å². The van der Waals surface area contributed by atoms with Gasteiger partial charge in [0.2, 0.25) is 23.2 Å². The van der Waals surface area contributed by atoms with Crippen molar-refractivity contribution in [3.8, 4) is 0 Å². The Morgan fingerprint density at radius 1 is 1.43 bits per heavy atom. The van der Waals surface area contributed by atoms with Gasteiger partial charge in [-0.2, -0.15) is 0 Å². The van der Waals surface area contributed by atoms with E-state index in [1.54, 1.807) is 12.1 Å². The first kappa shape index (κ1) is 18.1. The number of amides is 1. The lowest BCUT2D eigenvalue weighted by atomic mass is 9.91. The number of Topliss-reactive ketones (excluding diaryl/α,β-unsaturated/α-hetero) is 1. The highest BCUT2D eigenvalue weighted by atomic mass is 79.9. The normalized spacial score (nSPS) is 20.6. The number of carbonyl (C=O) groups excluding carboxylic acids is 2. The Labute approximate surface area is 151 Å². The SMILES string of the molecule is CC1(c2ccc(Cl)cc2Cl)OC(NC(=O)CCCBr)=C(O)C1=O. The molecule has 1 heterocycles. The highest BCUT2D eigenvalue weighted by Gasteiger charge is 2.49.